The van der Waals surface area contributed by atoms with E-state index in [9.17, 15) is 4.39 Å². The van der Waals surface area contributed by atoms with E-state index in [1.165, 1.54) is 18.9 Å². The summed E-state index contributed by atoms with van der Waals surface area (Å²) in [5.41, 5.74) is 0.633. The van der Waals surface area contributed by atoms with Crippen molar-refractivity contribution in [3.05, 3.63) is 34.1 Å². The third-order valence-electron chi connectivity index (χ3n) is 2.32. The Hall–Kier alpha value is -0.410. The second kappa shape index (κ2) is 4.41. The Labute approximate surface area is 91.4 Å². The van der Waals surface area contributed by atoms with Crippen molar-refractivity contribution in [1.29, 1.82) is 0 Å². The van der Waals surface area contributed by atoms with Gasteiger partial charge >= 0.3 is 0 Å². The van der Waals surface area contributed by atoms with Gasteiger partial charge in [0.05, 0.1) is 6.61 Å². The van der Waals surface area contributed by atoms with E-state index in [-0.39, 0.29) is 5.82 Å². The smallest absolute Gasteiger partial charge is 0.129 e. The lowest BCUT2D eigenvalue weighted by Gasteiger charge is -2.04. The van der Waals surface area contributed by atoms with Crippen LogP contribution in [0.15, 0.2) is 22.7 Å². The molecular weight excluding hydrogens is 247 g/mol. The van der Waals surface area contributed by atoms with Crippen LogP contribution in [0.25, 0.3) is 0 Å². The minimum absolute atomic E-state index is 0.199. The molecule has 2 rings (SSSR count). The molecule has 14 heavy (non-hydrogen) atoms. The van der Waals surface area contributed by atoms with Gasteiger partial charge in [0, 0.05) is 16.6 Å². The second-order valence-electron chi connectivity index (χ2n) is 3.69. The van der Waals surface area contributed by atoms with Crippen LogP contribution in [0, 0.1) is 11.7 Å². The molecule has 1 saturated carbocycles. The molecule has 0 aliphatic heterocycles. The second-order valence-corrected chi connectivity index (χ2v) is 4.61. The quantitative estimate of drug-likeness (QED) is 0.803. The van der Waals surface area contributed by atoms with Crippen LogP contribution in [0.2, 0.25) is 0 Å². The van der Waals surface area contributed by atoms with Crippen LogP contribution in [-0.4, -0.2) is 6.61 Å². The van der Waals surface area contributed by atoms with Crippen molar-refractivity contribution in [3.8, 4) is 0 Å². The number of halogens is 2. The molecule has 0 amide bonds. The first-order valence-corrected chi connectivity index (χ1v) is 5.56. The monoisotopic (exact) mass is 258 g/mol. The SMILES string of the molecule is Fc1cc(Br)ccc1COCC1CC1. The molecule has 3 heteroatoms. The molecule has 0 spiro atoms. The summed E-state index contributed by atoms with van der Waals surface area (Å²) in [7, 11) is 0. The minimum Gasteiger partial charge on any atom is -0.376 e. The maximum atomic E-state index is 13.3. The topological polar surface area (TPSA) is 9.23 Å². The summed E-state index contributed by atoms with van der Waals surface area (Å²) in [4.78, 5) is 0. The molecular formula is C11H12BrFO. The zero-order valence-corrected chi connectivity index (χ0v) is 9.39. The molecule has 1 aliphatic carbocycles. The van der Waals surface area contributed by atoms with E-state index < -0.39 is 0 Å². The predicted molar refractivity (Wildman–Crippen MR) is 56.5 cm³/mol. The van der Waals surface area contributed by atoms with Gasteiger partial charge in [-0.2, -0.15) is 0 Å². The number of hydrogen-bond donors (Lipinski definition) is 0. The van der Waals surface area contributed by atoms with Gasteiger partial charge in [0.2, 0.25) is 0 Å². The minimum atomic E-state index is -0.199. The van der Waals surface area contributed by atoms with Gasteiger partial charge < -0.3 is 4.74 Å². The van der Waals surface area contributed by atoms with Gasteiger partial charge in [-0.25, -0.2) is 4.39 Å². The Balaban J connectivity index is 1.87. The molecule has 1 aromatic rings. The summed E-state index contributed by atoms with van der Waals surface area (Å²) in [5, 5.41) is 0. The summed E-state index contributed by atoms with van der Waals surface area (Å²) < 4.78 is 19.5. The highest BCUT2D eigenvalue weighted by atomic mass is 79.9. The van der Waals surface area contributed by atoms with Crippen LogP contribution >= 0.6 is 15.9 Å². The van der Waals surface area contributed by atoms with Crippen molar-refractivity contribution in [2.75, 3.05) is 6.61 Å². The Kier molecular flexibility index (Phi) is 3.19. The lowest BCUT2D eigenvalue weighted by Crippen LogP contribution is -1.99. The van der Waals surface area contributed by atoms with Crippen LogP contribution in [0.5, 0.6) is 0 Å². The molecule has 1 nitrogen and oxygen atoms in total. The fourth-order valence-electron chi connectivity index (χ4n) is 1.26. The maximum Gasteiger partial charge on any atom is 0.129 e. The molecule has 0 aromatic heterocycles. The molecule has 1 aromatic carbocycles. The number of hydrogen-bond acceptors (Lipinski definition) is 1. The summed E-state index contributed by atoms with van der Waals surface area (Å²) in [6.45, 7) is 1.16. The van der Waals surface area contributed by atoms with Crippen LogP contribution < -0.4 is 0 Å². The highest BCUT2D eigenvalue weighted by molar-refractivity contribution is 9.10. The van der Waals surface area contributed by atoms with E-state index in [1.807, 2.05) is 6.07 Å². The molecule has 0 bridgehead atoms. The zero-order chi connectivity index (χ0) is 9.97. The van der Waals surface area contributed by atoms with Crippen LogP contribution in [0.3, 0.4) is 0 Å². The van der Waals surface area contributed by atoms with Crippen molar-refractivity contribution in [3.63, 3.8) is 0 Å². The highest BCUT2D eigenvalue weighted by Gasteiger charge is 2.21. The molecule has 1 fully saturated rings. The van der Waals surface area contributed by atoms with Crippen LogP contribution in [-0.2, 0) is 11.3 Å². The van der Waals surface area contributed by atoms with E-state index in [0.717, 1.165) is 17.0 Å². The summed E-state index contributed by atoms with van der Waals surface area (Å²) in [6, 6.07) is 5.06. The molecule has 0 radical (unpaired) electrons. The highest BCUT2D eigenvalue weighted by Crippen LogP contribution is 2.29. The molecule has 0 unspecified atom stereocenters. The van der Waals surface area contributed by atoms with E-state index in [2.05, 4.69) is 15.9 Å². The lowest BCUT2D eigenvalue weighted by atomic mass is 10.2. The largest absolute Gasteiger partial charge is 0.376 e. The van der Waals surface area contributed by atoms with E-state index >= 15 is 0 Å². The van der Waals surface area contributed by atoms with Crippen molar-refractivity contribution in [2.24, 2.45) is 5.92 Å². The van der Waals surface area contributed by atoms with Crippen molar-refractivity contribution in [2.45, 2.75) is 19.4 Å². The molecule has 0 atom stereocenters. The Bertz CT molecular complexity index is 323. The zero-order valence-electron chi connectivity index (χ0n) is 7.80. The Morgan fingerprint density at radius 2 is 2.21 bits per heavy atom. The van der Waals surface area contributed by atoms with Gasteiger partial charge in [0.25, 0.3) is 0 Å². The molecule has 0 saturated heterocycles. The Morgan fingerprint density at radius 3 is 2.86 bits per heavy atom. The van der Waals surface area contributed by atoms with Crippen molar-refractivity contribution >= 4 is 15.9 Å². The predicted octanol–water partition coefficient (Wildman–Crippen LogP) is 3.51. The first kappa shape index (κ1) is 10.1. The van der Waals surface area contributed by atoms with Gasteiger partial charge in [-0.05, 0) is 30.9 Å². The van der Waals surface area contributed by atoms with E-state index in [0.29, 0.717) is 12.2 Å². The number of rotatable bonds is 4. The van der Waals surface area contributed by atoms with Crippen molar-refractivity contribution < 1.29 is 9.13 Å². The van der Waals surface area contributed by atoms with Gasteiger partial charge in [0.1, 0.15) is 5.82 Å². The Morgan fingerprint density at radius 1 is 1.43 bits per heavy atom. The summed E-state index contributed by atoms with van der Waals surface area (Å²) in [6.07, 6.45) is 2.53. The first-order valence-electron chi connectivity index (χ1n) is 4.77. The third kappa shape index (κ3) is 2.79. The molecule has 0 heterocycles. The first-order chi connectivity index (χ1) is 6.75. The molecule has 76 valence electrons. The molecule has 0 N–H and O–H groups in total. The molecule has 1 aliphatic rings. The van der Waals surface area contributed by atoms with Gasteiger partial charge in [-0.3, -0.25) is 0 Å². The lowest BCUT2D eigenvalue weighted by molar-refractivity contribution is 0.109. The van der Waals surface area contributed by atoms with Gasteiger partial charge in [-0.15, -0.1) is 0 Å². The van der Waals surface area contributed by atoms with Crippen molar-refractivity contribution in [1.82, 2.24) is 0 Å². The summed E-state index contributed by atoms with van der Waals surface area (Å²) in [5.74, 6) is 0.531. The van der Waals surface area contributed by atoms with Crippen LogP contribution in [0.1, 0.15) is 18.4 Å². The number of benzene rings is 1. The van der Waals surface area contributed by atoms with Gasteiger partial charge in [0.15, 0.2) is 0 Å². The fourth-order valence-corrected chi connectivity index (χ4v) is 1.59. The number of ether oxygens (including phenoxy) is 1. The van der Waals surface area contributed by atoms with E-state index in [4.69, 9.17) is 4.74 Å². The summed E-state index contributed by atoms with van der Waals surface area (Å²) >= 11 is 3.22. The van der Waals surface area contributed by atoms with E-state index in [1.54, 1.807) is 6.07 Å². The maximum absolute atomic E-state index is 13.3. The van der Waals surface area contributed by atoms with Gasteiger partial charge in [-0.1, -0.05) is 22.0 Å². The third-order valence-corrected chi connectivity index (χ3v) is 2.82. The average molecular weight is 259 g/mol. The standard InChI is InChI=1S/C11H12BrFO/c12-10-4-3-9(11(13)5-10)7-14-6-8-1-2-8/h3-5,8H,1-2,6-7H2. The average Bonchev–Trinajstić information content (AvgIpc) is 2.92. The normalized spacial score (nSPS) is 15.9. The van der Waals surface area contributed by atoms with Crippen LogP contribution in [0.4, 0.5) is 4.39 Å². The fraction of sp³-hybridized carbons (Fsp3) is 0.455.